The van der Waals surface area contributed by atoms with E-state index in [-0.39, 0.29) is 0 Å². The first kappa shape index (κ1) is 10.4. The van der Waals surface area contributed by atoms with Crippen molar-refractivity contribution in [3.63, 3.8) is 0 Å². The minimum atomic E-state index is 0.598. The van der Waals surface area contributed by atoms with Crippen molar-refractivity contribution in [1.29, 1.82) is 0 Å². The average molecular weight is 179 g/mol. The fraction of sp³-hybridized carbons (Fsp3) is 0.667. The SMILES string of the molecule is CCCCc1c(C)ccn1C(C)C. The fourth-order valence-electron chi connectivity index (χ4n) is 1.74. The van der Waals surface area contributed by atoms with Crippen molar-refractivity contribution in [3.8, 4) is 0 Å². The molecule has 0 radical (unpaired) electrons. The molecule has 1 rings (SSSR count). The molecule has 0 saturated heterocycles. The molecular formula is C12H21N. The van der Waals surface area contributed by atoms with Gasteiger partial charge in [-0.15, -0.1) is 0 Å². The highest BCUT2D eigenvalue weighted by Crippen LogP contribution is 2.17. The summed E-state index contributed by atoms with van der Waals surface area (Å²) >= 11 is 0. The lowest BCUT2D eigenvalue weighted by Crippen LogP contribution is -2.05. The monoisotopic (exact) mass is 179 g/mol. The second kappa shape index (κ2) is 4.50. The third-order valence-electron chi connectivity index (χ3n) is 2.58. The van der Waals surface area contributed by atoms with Crippen LogP contribution in [0.1, 0.15) is 50.9 Å². The third kappa shape index (κ3) is 2.36. The van der Waals surface area contributed by atoms with Crippen LogP contribution in [0.3, 0.4) is 0 Å². The largest absolute Gasteiger partial charge is 0.349 e. The molecule has 0 aliphatic rings. The van der Waals surface area contributed by atoms with E-state index in [9.17, 15) is 0 Å². The molecule has 0 aromatic carbocycles. The normalized spacial score (nSPS) is 11.2. The number of rotatable bonds is 4. The van der Waals surface area contributed by atoms with Crippen LogP contribution in [0.4, 0.5) is 0 Å². The molecule has 0 N–H and O–H groups in total. The van der Waals surface area contributed by atoms with E-state index < -0.39 is 0 Å². The number of aromatic nitrogens is 1. The van der Waals surface area contributed by atoms with Gasteiger partial charge in [0.2, 0.25) is 0 Å². The Bertz CT molecular complexity index is 258. The molecule has 1 aromatic heterocycles. The quantitative estimate of drug-likeness (QED) is 0.664. The van der Waals surface area contributed by atoms with Crippen LogP contribution in [-0.4, -0.2) is 4.57 Å². The Kier molecular flexibility index (Phi) is 3.58. The zero-order chi connectivity index (χ0) is 9.84. The first-order chi connectivity index (χ1) is 6.16. The Morgan fingerprint density at radius 3 is 2.62 bits per heavy atom. The molecule has 0 aliphatic heterocycles. The highest BCUT2D eigenvalue weighted by Gasteiger charge is 2.06. The lowest BCUT2D eigenvalue weighted by Gasteiger charge is -2.13. The molecule has 0 amide bonds. The molecule has 74 valence electrons. The number of hydrogen-bond donors (Lipinski definition) is 0. The summed E-state index contributed by atoms with van der Waals surface area (Å²) in [6, 6.07) is 2.82. The van der Waals surface area contributed by atoms with Gasteiger partial charge in [-0.25, -0.2) is 0 Å². The zero-order valence-electron chi connectivity index (χ0n) is 9.30. The van der Waals surface area contributed by atoms with Crippen LogP contribution in [0.5, 0.6) is 0 Å². The first-order valence-corrected chi connectivity index (χ1v) is 5.33. The molecule has 1 nitrogen and oxygen atoms in total. The molecule has 0 aliphatic carbocycles. The van der Waals surface area contributed by atoms with Crippen molar-refractivity contribution in [2.45, 2.75) is 53.0 Å². The van der Waals surface area contributed by atoms with Gasteiger partial charge < -0.3 is 4.57 Å². The number of nitrogens with zero attached hydrogens (tertiary/aromatic N) is 1. The van der Waals surface area contributed by atoms with Crippen LogP contribution < -0.4 is 0 Å². The number of hydrogen-bond acceptors (Lipinski definition) is 0. The molecule has 0 bridgehead atoms. The maximum absolute atomic E-state index is 2.39. The summed E-state index contributed by atoms with van der Waals surface area (Å²) in [5, 5.41) is 0. The van der Waals surface area contributed by atoms with E-state index in [1.807, 2.05) is 0 Å². The number of aryl methyl sites for hydroxylation is 1. The van der Waals surface area contributed by atoms with Crippen molar-refractivity contribution in [2.75, 3.05) is 0 Å². The van der Waals surface area contributed by atoms with Gasteiger partial charge in [-0.05, 0) is 45.2 Å². The smallest absolute Gasteiger partial charge is 0.0276 e. The van der Waals surface area contributed by atoms with Crippen LogP contribution in [-0.2, 0) is 6.42 Å². The second-order valence-corrected chi connectivity index (χ2v) is 4.05. The summed E-state index contributed by atoms with van der Waals surface area (Å²) in [6.45, 7) is 8.95. The lowest BCUT2D eigenvalue weighted by atomic mass is 10.1. The standard InChI is InChI=1S/C12H21N/c1-5-6-7-12-11(4)8-9-13(12)10(2)3/h8-10H,5-7H2,1-4H3. The minimum absolute atomic E-state index is 0.598. The maximum Gasteiger partial charge on any atom is 0.0276 e. The van der Waals surface area contributed by atoms with E-state index in [0.29, 0.717) is 6.04 Å². The molecule has 1 heteroatoms. The van der Waals surface area contributed by atoms with Crippen molar-refractivity contribution in [3.05, 3.63) is 23.5 Å². The maximum atomic E-state index is 2.39. The van der Waals surface area contributed by atoms with Crippen LogP contribution in [0.25, 0.3) is 0 Å². The average Bonchev–Trinajstić information content (AvgIpc) is 2.43. The van der Waals surface area contributed by atoms with Gasteiger partial charge in [-0.3, -0.25) is 0 Å². The Morgan fingerprint density at radius 1 is 1.38 bits per heavy atom. The van der Waals surface area contributed by atoms with Crippen LogP contribution >= 0.6 is 0 Å². The molecule has 1 aromatic rings. The fourth-order valence-corrected chi connectivity index (χ4v) is 1.74. The molecule has 0 atom stereocenters. The first-order valence-electron chi connectivity index (χ1n) is 5.33. The topological polar surface area (TPSA) is 4.93 Å². The molecular weight excluding hydrogens is 158 g/mol. The minimum Gasteiger partial charge on any atom is -0.349 e. The van der Waals surface area contributed by atoms with Crippen molar-refractivity contribution >= 4 is 0 Å². The van der Waals surface area contributed by atoms with Gasteiger partial charge in [0.25, 0.3) is 0 Å². The number of unbranched alkanes of at least 4 members (excludes halogenated alkanes) is 1. The van der Waals surface area contributed by atoms with E-state index in [1.165, 1.54) is 30.5 Å². The summed E-state index contributed by atoms with van der Waals surface area (Å²) < 4.78 is 2.39. The Hall–Kier alpha value is -0.720. The molecule has 0 spiro atoms. The van der Waals surface area contributed by atoms with Crippen molar-refractivity contribution < 1.29 is 0 Å². The predicted octanol–water partition coefficient (Wildman–Crippen LogP) is 3.72. The van der Waals surface area contributed by atoms with Crippen LogP contribution in [0.2, 0.25) is 0 Å². The van der Waals surface area contributed by atoms with E-state index in [1.54, 1.807) is 0 Å². The van der Waals surface area contributed by atoms with Crippen LogP contribution in [0.15, 0.2) is 12.3 Å². The van der Waals surface area contributed by atoms with Gasteiger partial charge >= 0.3 is 0 Å². The van der Waals surface area contributed by atoms with Crippen LogP contribution in [0, 0.1) is 6.92 Å². The zero-order valence-corrected chi connectivity index (χ0v) is 9.30. The van der Waals surface area contributed by atoms with E-state index >= 15 is 0 Å². The predicted molar refractivity (Wildman–Crippen MR) is 58.2 cm³/mol. The van der Waals surface area contributed by atoms with E-state index in [4.69, 9.17) is 0 Å². The summed E-state index contributed by atoms with van der Waals surface area (Å²) in [7, 11) is 0. The van der Waals surface area contributed by atoms with E-state index in [2.05, 4.69) is 44.5 Å². The lowest BCUT2D eigenvalue weighted by molar-refractivity contribution is 0.566. The van der Waals surface area contributed by atoms with Crippen molar-refractivity contribution in [2.24, 2.45) is 0 Å². The Balaban J connectivity index is 2.82. The molecule has 0 saturated carbocycles. The second-order valence-electron chi connectivity index (χ2n) is 4.05. The van der Waals surface area contributed by atoms with Gasteiger partial charge in [0.05, 0.1) is 0 Å². The summed E-state index contributed by atoms with van der Waals surface area (Å²) in [4.78, 5) is 0. The Labute approximate surface area is 81.8 Å². The Morgan fingerprint density at radius 2 is 2.08 bits per heavy atom. The van der Waals surface area contributed by atoms with Gasteiger partial charge in [-0.2, -0.15) is 0 Å². The molecule has 0 fully saturated rings. The molecule has 13 heavy (non-hydrogen) atoms. The molecule has 1 heterocycles. The molecule has 0 unspecified atom stereocenters. The van der Waals surface area contributed by atoms with Crippen molar-refractivity contribution in [1.82, 2.24) is 4.57 Å². The highest BCUT2D eigenvalue weighted by molar-refractivity contribution is 5.21. The van der Waals surface area contributed by atoms with Gasteiger partial charge in [0.15, 0.2) is 0 Å². The van der Waals surface area contributed by atoms with E-state index in [0.717, 1.165) is 0 Å². The van der Waals surface area contributed by atoms with Gasteiger partial charge in [0.1, 0.15) is 0 Å². The highest BCUT2D eigenvalue weighted by atomic mass is 15.0. The summed E-state index contributed by atoms with van der Waals surface area (Å²) in [5.74, 6) is 0. The summed E-state index contributed by atoms with van der Waals surface area (Å²) in [6.07, 6.45) is 6.03. The third-order valence-corrected chi connectivity index (χ3v) is 2.58. The van der Waals surface area contributed by atoms with Gasteiger partial charge in [0, 0.05) is 17.9 Å². The summed E-state index contributed by atoms with van der Waals surface area (Å²) in [5.41, 5.74) is 2.97. The van der Waals surface area contributed by atoms with Gasteiger partial charge in [-0.1, -0.05) is 13.3 Å².